The number of rotatable bonds is 4. The van der Waals surface area contributed by atoms with E-state index in [0.717, 1.165) is 0 Å². The number of hydrogen-bond acceptors (Lipinski definition) is 4. The molecule has 0 fully saturated rings. The molecular weight excluding hydrogens is 198 g/mol. The van der Waals surface area contributed by atoms with Crippen molar-refractivity contribution in [2.45, 2.75) is 0 Å². The Hall–Kier alpha value is -0.385. The third kappa shape index (κ3) is 3.89. The minimum absolute atomic E-state index is 0. The summed E-state index contributed by atoms with van der Waals surface area (Å²) >= 11 is 0. The van der Waals surface area contributed by atoms with Gasteiger partial charge in [-0.05, 0) is 0 Å². The molecule has 0 aliphatic rings. The van der Waals surface area contributed by atoms with Crippen molar-refractivity contribution in [2.75, 3.05) is 28.4 Å². The molecule has 16 heavy (non-hydrogen) atoms. The third-order valence-corrected chi connectivity index (χ3v) is 1.68. The molecule has 1 aromatic rings. The van der Waals surface area contributed by atoms with Crippen molar-refractivity contribution in [3.8, 4) is 23.0 Å². The molecule has 0 heterocycles. The Balaban J connectivity index is 0. The molecule has 0 saturated heterocycles. The van der Waals surface area contributed by atoms with Crippen LogP contribution in [-0.2, 0) is 0 Å². The number of hydrogen-bond donors (Lipinski definition) is 0. The van der Waals surface area contributed by atoms with Crippen molar-refractivity contribution >= 4 is 0 Å². The molecule has 6 heteroatoms. The van der Waals surface area contributed by atoms with Gasteiger partial charge in [0.2, 0.25) is 0 Å². The third-order valence-electron chi connectivity index (χ3n) is 1.68. The zero-order valence-corrected chi connectivity index (χ0v) is 10.6. The summed E-state index contributed by atoms with van der Waals surface area (Å²) in [6.07, 6.45) is 0. The van der Waals surface area contributed by atoms with Gasteiger partial charge in [0.05, 0.1) is 28.4 Å². The number of ether oxygens (including phenoxy) is 4. The largest absolute Gasteiger partial charge is 1.00 e. The van der Waals surface area contributed by atoms with Gasteiger partial charge in [0.15, 0.2) is 0 Å². The van der Waals surface area contributed by atoms with E-state index in [-0.39, 0.29) is 37.7 Å². The van der Waals surface area contributed by atoms with E-state index in [1.54, 1.807) is 0 Å². The first kappa shape index (κ1) is 18.0. The Labute approximate surface area is 120 Å². The second kappa shape index (κ2) is 8.73. The first-order valence-electron chi connectivity index (χ1n) is 3.95. The zero-order chi connectivity index (χ0) is 10.6. The van der Waals surface area contributed by atoms with E-state index in [9.17, 15) is 0 Å². The second-order valence-corrected chi connectivity index (χ2v) is 2.38. The summed E-state index contributed by atoms with van der Waals surface area (Å²) in [5.41, 5.74) is 0. The number of methoxy groups -OCH3 is 4. The topological polar surface area (TPSA) is 36.9 Å². The Bertz CT molecular complexity index is 260. The van der Waals surface area contributed by atoms with Gasteiger partial charge in [-0.1, -0.05) is 23.0 Å². The van der Waals surface area contributed by atoms with Gasteiger partial charge in [-0.25, -0.2) is 12.1 Å². The van der Waals surface area contributed by atoms with Crippen LogP contribution in [0.1, 0.15) is 0 Å². The van der Waals surface area contributed by atoms with Crippen molar-refractivity contribution in [1.29, 1.82) is 0 Å². The van der Waals surface area contributed by atoms with Crippen LogP contribution in [-0.4, -0.2) is 28.4 Å². The van der Waals surface area contributed by atoms with Crippen molar-refractivity contribution < 1.29 is 56.7 Å². The van der Waals surface area contributed by atoms with E-state index < -0.39 is 0 Å². The average molecular weight is 210 g/mol. The van der Waals surface area contributed by atoms with Crippen molar-refractivity contribution in [1.82, 2.24) is 0 Å². The van der Waals surface area contributed by atoms with Crippen LogP contribution in [0, 0.1) is 12.1 Å². The molecule has 1 aromatic carbocycles. The molecular formula is C10H12Li2O4. The predicted octanol–water partition coefficient (Wildman–Crippen LogP) is -4.67. The van der Waals surface area contributed by atoms with Gasteiger partial charge in [-0.2, -0.15) is 0 Å². The minimum Gasteiger partial charge on any atom is -0.576 e. The van der Waals surface area contributed by atoms with Crippen LogP contribution in [0.3, 0.4) is 0 Å². The maximum absolute atomic E-state index is 5.03. The van der Waals surface area contributed by atoms with Crippen LogP contribution in [0.25, 0.3) is 0 Å². The van der Waals surface area contributed by atoms with E-state index >= 15 is 0 Å². The maximum atomic E-state index is 5.03. The van der Waals surface area contributed by atoms with E-state index in [2.05, 4.69) is 12.1 Å². The van der Waals surface area contributed by atoms with Crippen LogP contribution < -0.4 is 56.7 Å². The Morgan fingerprint density at radius 3 is 0.875 bits per heavy atom. The Kier molecular flexibility index (Phi) is 9.82. The van der Waals surface area contributed by atoms with Gasteiger partial charge in [0.1, 0.15) is 0 Å². The summed E-state index contributed by atoms with van der Waals surface area (Å²) in [4.78, 5) is 0. The summed E-state index contributed by atoms with van der Waals surface area (Å²) in [5.74, 6) is 1.74. The van der Waals surface area contributed by atoms with Gasteiger partial charge >= 0.3 is 37.7 Å². The minimum atomic E-state index is 0. The van der Waals surface area contributed by atoms with Crippen LogP contribution >= 0.6 is 0 Å². The molecule has 0 N–H and O–H groups in total. The first-order valence-corrected chi connectivity index (χ1v) is 3.95. The normalized spacial score (nSPS) is 8.25. The molecule has 0 saturated carbocycles. The van der Waals surface area contributed by atoms with Crippen LogP contribution in [0.5, 0.6) is 23.0 Å². The molecule has 0 aliphatic heterocycles. The quantitative estimate of drug-likeness (QED) is 0.370. The molecule has 0 atom stereocenters. The molecule has 0 spiro atoms. The van der Waals surface area contributed by atoms with Gasteiger partial charge < -0.3 is 18.9 Å². The summed E-state index contributed by atoms with van der Waals surface area (Å²) in [7, 11) is 6.09. The Morgan fingerprint density at radius 2 is 0.750 bits per heavy atom. The van der Waals surface area contributed by atoms with E-state index in [4.69, 9.17) is 18.9 Å². The fourth-order valence-electron chi connectivity index (χ4n) is 1.01. The molecule has 0 unspecified atom stereocenters. The smallest absolute Gasteiger partial charge is 0.576 e. The van der Waals surface area contributed by atoms with Gasteiger partial charge in [0, 0.05) is 0 Å². The Morgan fingerprint density at radius 1 is 0.562 bits per heavy atom. The summed E-state index contributed by atoms with van der Waals surface area (Å²) in [5, 5.41) is 0. The van der Waals surface area contributed by atoms with Crippen molar-refractivity contribution in [2.24, 2.45) is 0 Å². The molecule has 0 amide bonds. The van der Waals surface area contributed by atoms with E-state index in [0.29, 0.717) is 23.0 Å². The maximum Gasteiger partial charge on any atom is 1.00 e. The average Bonchev–Trinajstić information content (AvgIpc) is 2.26. The van der Waals surface area contributed by atoms with Crippen molar-refractivity contribution in [3.63, 3.8) is 0 Å². The number of benzene rings is 1. The molecule has 78 valence electrons. The summed E-state index contributed by atoms with van der Waals surface area (Å²) in [6, 6.07) is 5.71. The van der Waals surface area contributed by atoms with E-state index in [1.807, 2.05) is 0 Å². The predicted molar refractivity (Wildman–Crippen MR) is 50.3 cm³/mol. The standard InChI is InChI=1S/C10H12O4.2Li/c1-11-7-5-9(13-3)10(14-4)6-8(7)12-2;;/h1-4H3;;/q-2;2*+1. The van der Waals surface area contributed by atoms with Crippen LogP contribution in [0.15, 0.2) is 0 Å². The van der Waals surface area contributed by atoms with Gasteiger partial charge in [-0.3, -0.25) is 0 Å². The summed E-state index contributed by atoms with van der Waals surface area (Å²) < 4.78 is 20.1. The molecule has 0 aromatic heterocycles. The van der Waals surface area contributed by atoms with Gasteiger partial charge in [0.25, 0.3) is 0 Å². The van der Waals surface area contributed by atoms with E-state index in [1.165, 1.54) is 28.4 Å². The van der Waals surface area contributed by atoms with Gasteiger partial charge in [-0.15, -0.1) is 0 Å². The molecule has 1 rings (SSSR count). The first-order chi connectivity index (χ1) is 6.76. The van der Waals surface area contributed by atoms with Crippen molar-refractivity contribution in [3.05, 3.63) is 12.1 Å². The fraction of sp³-hybridized carbons (Fsp3) is 0.400. The molecule has 0 aliphatic carbocycles. The fourth-order valence-corrected chi connectivity index (χ4v) is 1.01. The molecule has 0 radical (unpaired) electrons. The monoisotopic (exact) mass is 210 g/mol. The van der Waals surface area contributed by atoms with Crippen LogP contribution in [0.2, 0.25) is 0 Å². The van der Waals surface area contributed by atoms with Crippen LogP contribution in [0.4, 0.5) is 0 Å². The second-order valence-electron chi connectivity index (χ2n) is 2.38. The zero-order valence-electron chi connectivity index (χ0n) is 10.6. The SMILES string of the molecule is COc1[c-]c(OC)c(OC)[c-]c1OC.[Li+].[Li+]. The molecule has 0 bridgehead atoms. The molecule has 4 nitrogen and oxygen atoms in total. The summed E-state index contributed by atoms with van der Waals surface area (Å²) in [6.45, 7) is 0.